The van der Waals surface area contributed by atoms with Crippen LogP contribution in [-0.2, 0) is 4.74 Å². The Bertz CT molecular complexity index is 514. The smallest absolute Gasteiger partial charge is 0.343 e. The van der Waals surface area contributed by atoms with E-state index in [2.05, 4.69) is 5.32 Å². The predicted molar refractivity (Wildman–Crippen MR) is 86.3 cm³/mol. The highest BCUT2D eigenvalue weighted by molar-refractivity contribution is 7.19. The van der Waals surface area contributed by atoms with Gasteiger partial charge in [-0.3, -0.25) is 4.79 Å². The second kappa shape index (κ2) is 7.87. The van der Waals surface area contributed by atoms with Gasteiger partial charge in [-0.1, -0.05) is 6.92 Å². The van der Waals surface area contributed by atoms with Crippen LogP contribution in [0.5, 0.6) is 0 Å². The number of hydrogen-bond donors (Lipinski definition) is 2. The van der Waals surface area contributed by atoms with Gasteiger partial charge in [-0.05, 0) is 20.3 Å². The number of nitrogen functional groups attached to an aromatic ring is 1. The summed E-state index contributed by atoms with van der Waals surface area (Å²) in [6.45, 7) is 7.20. The van der Waals surface area contributed by atoms with Crippen LogP contribution in [0, 0.1) is 0 Å². The minimum Gasteiger partial charge on any atom is -0.462 e. The van der Waals surface area contributed by atoms with Crippen molar-refractivity contribution in [2.24, 2.45) is 0 Å². The van der Waals surface area contributed by atoms with Crippen molar-refractivity contribution in [1.82, 2.24) is 5.32 Å². The largest absolute Gasteiger partial charge is 0.462 e. The number of anilines is 2. The molecular formula is C14H23N3O3S. The summed E-state index contributed by atoms with van der Waals surface area (Å²) in [5, 5.41) is 3.44. The molecule has 6 nitrogen and oxygen atoms in total. The number of nitrogens with zero attached hydrogens (tertiary/aromatic N) is 1. The van der Waals surface area contributed by atoms with Crippen molar-refractivity contribution >= 4 is 33.9 Å². The molecule has 0 radical (unpaired) electrons. The Morgan fingerprint density at radius 3 is 2.52 bits per heavy atom. The van der Waals surface area contributed by atoms with Gasteiger partial charge in [-0.15, -0.1) is 11.3 Å². The van der Waals surface area contributed by atoms with E-state index in [9.17, 15) is 9.59 Å². The number of nitrogens with two attached hydrogens (primary N) is 1. The average Bonchev–Trinajstić information content (AvgIpc) is 2.81. The molecular weight excluding hydrogens is 290 g/mol. The van der Waals surface area contributed by atoms with E-state index < -0.39 is 5.97 Å². The molecule has 0 saturated carbocycles. The topological polar surface area (TPSA) is 84.7 Å². The third-order valence-corrected chi connectivity index (χ3v) is 4.29. The Kier molecular flexibility index (Phi) is 6.48. The lowest BCUT2D eigenvalue weighted by molar-refractivity contribution is 0.0529. The predicted octanol–water partition coefficient (Wildman–Crippen LogP) is 2.10. The van der Waals surface area contributed by atoms with E-state index in [-0.39, 0.29) is 23.8 Å². The molecule has 0 saturated heterocycles. The second-order valence-electron chi connectivity index (χ2n) is 4.52. The summed E-state index contributed by atoms with van der Waals surface area (Å²) in [5.74, 6) is -0.739. The fraction of sp³-hybridized carbons (Fsp3) is 0.571. The number of rotatable bonds is 7. The molecule has 0 spiro atoms. The van der Waals surface area contributed by atoms with Crippen LogP contribution in [0.4, 0.5) is 10.7 Å². The fourth-order valence-corrected chi connectivity index (χ4v) is 2.88. The van der Waals surface area contributed by atoms with Crippen LogP contribution in [0.1, 0.15) is 47.2 Å². The molecule has 0 atom stereocenters. The summed E-state index contributed by atoms with van der Waals surface area (Å²) in [5.41, 5.74) is 6.50. The van der Waals surface area contributed by atoms with Gasteiger partial charge in [-0.25, -0.2) is 4.79 Å². The van der Waals surface area contributed by atoms with Crippen LogP contribution < -0.4 is 16.0 Å². The third-order valence-electron chi connectivity index (χ3n) is 2.97. The van der Waals surface area contributed by atoms with Crippen molar-refractivity contribution in [3.05, 3.63) is 10.4 Å². The normalized spacial score (nSPS) is 10.3. The summed E-state index contributed by atoms with van der Waals surface area (Å²) in [6, 6.07) is 0. The lowest BCUT2D eigenvalue weighted by atomic mass is 10.2. The van der Waals surface area contributed by atoms with E-state index in [1.54, 1.807) is 6.92 Å². The summed E-state index contributed by atoms with van der Waals surface area (Å²) >= 11 is 1.22. The van der Waals surface area contributed by atoms with E-state index in [0.29, 0.717) is 23.0 Å². The first kappa shape index (κ1) is 17.3. The minimum absolute atomic E-state index is 0.197. The molecule has 0 bridgehead atoms. The van der Waals surface area contributed by atoms with Crippen molar-refractivity contribution in [1.29, 1.82) is 0 Å². The van der Waals surface area contributed by atoms with Gasteiger partial charge in [0, 0.05) is 20.1 Å². The molecule has 118 valence electrons. The first-order valence-corrected chi connectivity index (χ1v) is 7.88. The van der Waals surface area contributed by atoms with Gasteiger partial charge in [0.15, 0.2) is 0 Å². The van der Waals surface area contributed by atoms with Crippen LogP contribution in [0.25, 0.3) is 0 Å². The molecule has 0 aromatic carbocycles. The molecule has 0 aliphatic heterocycles. The molecule has 21 heavy (non-hydrogen) atoms. The van der Waals surface area contributed by atoms with Crippen molar-refractivity contribution in [2.75, 3.05) is 37.4 Å². The van der Waals surface area contributed by atoms with E-state index in [1.165, 1.54) is 11.3 Å². The van der Waals surface area contributed by atoms with Crippen LogP contribution in [0.3, 0.4) is 0 Å². The average molecular weight is 313 g/mol. The molecule has 1 aromatic heterocycles. The zero-order valence-electron chi connectivity index (χ0n) is 13.0. The second-order valence-corrected chi connectivity index (χ2v) is 5.51. The Labute approximate surface area is 129 Å². The van der Waals surface area contributed by atoms with Crippen LogP contribution in [-0.4, -0.2) is 38.6 Å². The van der Waals surface area contributed by atoms with Crippen molar-refractivity contribution in [3.63, 3.8) is 0 Å². The van der Waals surface area contributed by atoms with Gasteiger partial charge < -0.3 is 20.7 Å². The van der Waals surface area contributed by atoms with Gasteiger partial charge in [0.2, 0.25) is 0 Å². The maximum atomic E-state index is 12.1. The molecule has 0 aliphatic carbocycles. The maximum absolute atomic E-state index is 12.1. The third kappa shape index (κ3) is 3.87. The lowest BCUT2D eigenvalue weighted by Crippen LogP contribution is -2.24. The molecule has 3 N–H and O–H groups in total. The van der Waals surface area contributed by atoms with Gasteiger partial charge in [0.25, 0.3) is 5.91 Å². The Morgan fingerprint density at radius 1 is 1.33 bits per heavy atom. The van der Waals surface area contributed by atoms with Gasteiger partial charge in [-0.2, -0.15) is 0 Å². The summed E-state index contributed by atoms with van der Waals surface area (Å²) in [6.07, 6.45) is 0.837. The summed E-state index contributed by atoms with van der Waals surface area (Å²) in [4.78, 5) is 26.5. The van der Waals surface area contributed by atoms with E-state index in [4.69, 9.17) is 10.5 Å². The minimum atomic E-state index is -0.490. The van der Waals surface area contributed by atoms with Gasteiger partial charge >= 0.3 is 5.97 Å². The molecule has 0 unspecified atom stereocenters. The van der Waals surface area contributed by atoms with Crippen molar-refractivity contribution in [2.45, 2.75) is 27.2 Å². The molecule has 7 heteroatoms. The first-order valence-electron chi connectivity index (χ1n) is 7.06. The highest BCUT2D eigenvalue weighted by Gasteiger charge is 2.27. The number of amides is 1. The van der Waals surface area contributed by atoms with Gasteiger partial charge in [0.05, 0.1) is 12.3 Å². The highest BCUT2D eigenvalue weighted by atomic mass is 32.1. The maximum Gasteiger partial charge on any atom is 0.343 e. The Morgan fingerprint density at radius 2 is 2.00 bits per heavy atom. The standard InChI is InChI=1S/C14H23N3O3S/c1-5-8-16-12(18)11-10(15)9(14(19)20-7-3)13(21-11)17(4)6-2/h5-8,15H2,1-4H3,(H,16,18). The molecule has 1 amide bonds. The lowest BCUT2D eigenvalue weighted by Gasteiger charge is -2.16. The Balaban J connectivity index is 3.23. The van der Waals surface area contributed by atoms with E-state index in [1.807, 2.05) is 25.8 Å². The molecule has 1 rings (SSSR count). The number of ether oxygens (including phenoxy) is 1. The van der Waals surface area contributed by atoms with Crippen molar-refractivity contribution < 1.29 is 14.3 Å². The van der Waals surface area contributed by atoms with Crippen LogP contribution in [0.2, 0.25) is 0 Å². The molecule has 0 aliphatic rings. The fourth-order valence-electron chi connectivity index (χ4n) is 1.73. The first-order chi connectivity index (χ1) is 9.97. The van der Waals surface area contributed by atoms with E-state index in [0.717, 1.165) is 6.42 Å². The Hall–Kier alpha value is -1.76. The molecule has 1 heterocycles. The molecule has 1 aromatic rings. The summed E-state index contributed by atoms with van der Waals surface area (Å²) in [7, 11) is 1.85. The highest BCUT2D eigenvalue weighted by Crippen LogP contribution is 2.38. The van der Waals surface area contributed by atoms with Crippen molar-refractivity contribution in [3.8, 4) is 0 Å². The van der Waals surface area contributed by atoms with E-state index >= 15 is 0 Å². The SMILES string of the molecule is CCCNC(=O)c1sc(N(C)CC)c(C(=O)OCC)c1N. The number of thiophene rings is 1. The summed E-state index contributed by atoms with van der Waals surface area (Å²) < 4.78 is 5.05. The number of esters is 1. The number of nitrogens with one attached hydrogen (secondary N) is 1. The number of carbonyl (C=O) groups excluding carboxylic acids is 2. The molecule has 0 fully saturated rings. The van der Waals surface area contributed by atoms with Gasteiger partial charge in [0.1, 0.15) is 15.4 Å². The van der Waals surface area contributed by atoms with Crippen LogP contribution >= 0.6 is 11.3 Å². The quantitative estimate of drug-likeness (QED) is 0.753. The monoisotopic (exact) mass is 313 g/mol. The van der Waals surface area contributed by atoms with Crippen LogP contribution in [0.15, 0.2) is 0 Å². The number of hydrogen-bond acceptors (Lipinski definition) is 6. The zero-order valence-corrected chi connectivity index (χ0v) is 13.8. The zero-order chi connectivity index (χ0) is 16.0. The number of carbonyl (C=O) groups is 2.